The van der Waals surface area contributed by atoms with Crippen LogP contribution in [-0.4, -0.2) is 22.4 Å². The Morgan fingerprint density at radius 3 is 2.50 bits per heavy atom. The second kappa shape index (κ2) is 7.18. The highest BCUT2D eigenvalue weighted by atomic mass is 16.6. The van der Waals surface area contributed by atoms with E-state index < -0.39 is 15.8 Å². The lowest BCUT2D eigenvalue weighted by Gasteiger charge is -2.08. The average molecular weight is 331 g/mol. The molecular weight excluding hydrogens is 318 g/mol. The Kier molecular flexibility index (Phi) is 5.05. The summed E-state index contributed by atoms with van der Waals surface area (Å²) in [7, 11) is 0. The van der Waals surface area contributed by atoms with Gasteiger partial charge in [0.05, 0.1) is 22.5 Å². The molecule has 1 amide bonds. The van der Waals surface area contributed by atoms with Crippen LogP contribution in [0.4, 0.5) is 17.1 Å². The first-order valence-corrected chi connectivity index (χ1v) is 6.89. The van der Waals surface area contributed by atoms with Gasteiger partial charge in [-0.3, -0.25) is 25.0 Å². The number of hydrogen-bond acceptors (Lipinski definition) is 6. The van der Waals surface area contributed by atoms with E-state index in [0.717, 1.165) is 6.07 Å². The Morgan fingerprint density at radius 2 is 1.88 bits per heavy atom. The Labute approximate surface area is 136 Å². The number of anilines is 1. The molecule has 0 radical (unpaired) electrons. The van der Waals surface area contributed by atoms with Crippen LogP contribution in [0.5, 0.6) is 5.75 Å². The van der Waals surface area contributed by atoms with Gasteiger partial charge >= 0.3 is 0 Å². The summed E-state index contributed by atoms with van der Waals surface area (Å²) >= 11 is 0. The molecule has 2 rings (SSSR count). The lowest BCUT2D eigenvalue weighted by Crippen LogP contribution is -2.13. The van der Waals surface area contributed by atoms with Crippen LogP contribution in [-0.2, 0) is 0 Å². The van der Waals surface area contributed by atoms with Gasteiger partial charge in [-0.25, -0.2) is 0 Å². The van der Waals surface area contributed by atoms with E-state index in [0.29, 0.717) is 12.4 Å². The molecule has 9 nitrogen and oxygen atoms in total. The van der Waals surface area contributed by atoms with Gasteiger partial charge in [0.2, 0.25) is 0 Å². The number of hydrogen-bond donors (Lipinski definition) is 1. The Morgan fingerprint density at radius 1 is 1.12 bits per heavy atom. The van der Waals surface area contributed by atoms with E-state index in [4.69, 9.17) is 4.74 Å². The first kappa shape index (κ1) is 16.9. The maximum atomic E-state index is 12.2. The fourth-order valence-electron chi connectivity index (χ4n) is 1.98. The third kappa shape index (κ3) is 3.83. The standard InChI is InChI=1S/C15H13N3O6/c1-2-24-12-6-7-13(14(9-12)18(22)23)16-15(19)10-4-3-5-11(8-10)17(20)21/h3-9H,2H2,1H3,(H,16,19). The second-order valence-corrected chi connectivity index (χ2v) is 4.63. The van der Waals surface area contributed by atoms with E-state index in [1.165, 1.54) is 36.4 Å². The molecule has 1 N–H and O–H groups in total. The highest BCUT2D eigenvalue weighted by Crippen LogP contribution is 2.29. The zero-order valence-corrected chi connectivity index (χ0v) is 12.6. The zero-order chi connectivity index (χ0) is 17.7. The lowest BCUT2D eigenvalue weighted by atomic mass is 10.1. The first-order chi connectivity index (χ1) is 11.4. The Bertz CT molecular complexity index is 806. The van der Waals surface area contributed by atoms with Gasteiger partial charge in [0.25, 0.3) is 17.3 Å². The molecule has 2 aromatic carbocycles. The number of carbonyl (C=O) groups is 1. The van der Waals surface area contributed by atoms with Gasteiger partial charge in [0, 0.05) is 17.7 Å². The van der Waals surface area contributed by atoms with Gasteiger partial charge < -0.3 is 10.1 Å². The van der Waals surface area contributed by atoms with Crippen molar-refractivity contribution in [3.05, 3.63) is 68.3 Å². The quantitative estimate of drug-likeness (QED) is 0.640. The minimum atomic E-state index is -0.689. The highest BCUT2D eigenvalue weighted by molar-refractivity contribution is 6.05. The fraction of sp³-hybridized carbons (Fsp3) is 0.133. The monoisotopic (exact) mass is 331 g/mol. The van der Waals surface area contributed by atoms with Gasteiger partial charge in [-0.1, -0.05) is 6.07 Å². The van der Waals surface area contributed by atoms with Crippen LogP contribution in [0.25, 0.3) is 0 Å². The van der Waals surface area contributed by atoms with Gasteiger partial charge in [0.15, 0.2) is 0 Å². The minimum Gasteiger partial charge on any atom is -0.494 e. The summed E-state index contributed by atoms with van der Waals surface area (Å²) in [5.41, 5.74) is -0.587. The third-order valence-electron chi connectivity index (χ3n) is 3.04. The summed E-state index contributed by atoms with van der Waals surface area (Å²) in [5.74, 6) is -0.386. The van der Waals surface area contributed by atoms with E-state index in [1.54, 1.807) is 6.92 Å². The highest BCUT2D eigenvalue weighted by Gasteiger charge is 2.19. The molecule has 0 fully saturated rings. The summed E-state index contributed by atoms with van der Waals surface area (Å²) in [6.45, 7) is 2.08. The molecule has 0 atom stereocenters. The van der Waals surface area contributed by atoms with Crippen LogP contribution in [0.15, 0.2) is 42.5 Å². The van der Waals surface area contributed by atoms with Gasteiger partial charge in [-0.15, -0.1) is 0 Å². The van der Waals surface area contributed by atoms with Crippen molar-refractivity contribution < 1.29 is 19.4 Å². The van der Waals surface area contributed by atoms with Crippen molar-refractivity contribution in [1.29, 1.82) is 0 Å². The topological polar surface area (TPSA) is 125 Å². The van der Waals surface area contributed by atoms with E-state index in [2.05, 4.69) is 5.32 Å². The molecule has 124 valence electrons. The van der Waals surface area contributed by atoms with E-state index in [1.807, 2.05) is 0 Å². The van der Waals surface area contributed by atoms with E-state index in [9.17, 15) is 25.0 Å². The Balaban J connectivity index is 2.30. The van der Waals surface area contributed by atoms with Crippen molar-refractivity contribution in [2.45, 2.75) is 6.92 Å². The molecule has 0 heterocycles. The SMILES string of the molecule is CCOc1ccc(NC(=O)c2cccc([N+](=O)[O-])c2)c([N+](=O)[O-])c1. The number of ether oxygens (including phenoxy) is 1. The van der Waals surface area contributed by atoms with Crippen molar-refractivity contribution in [1.82, 2.24) is 0 Å². The second-order valence-electron chi connectivity index (χ2n) is 4.63. The summed E-state index contributed by atoms with van der Waals surface area (Å²) < 4.78 is 5.19. The van der Waals surface area contributed by atoms with Crippen LogP contribution in [0.2, 0.25) is 0 Å². The lowest BCUT2D eigenvalue weighted by molar-refractivity contribution is -0.384. The van der Waals surface area contributed by atoms with Crippen molar-refractivity contribution in [2.75, 3.05) is 11.9 Å². The van der Waals surface area contributed by atoms with Crippen molar-refractivity contribution in [2.24, 2.45) is 0 Å². The minimum absolute atomic E-state index is 0.0207. The zero-order valence-electron chi connectivity index (χ0n) is 12.6. The van der Waals surface area contributed by atoms with E-state index in [-0.39, 0.29) is 22.6 Å². The van der Waals surface area contributed by atoms with Crippen LogP contribution in [0, 0.1) is 20.2 Å². The molecule has 24 heavy (non-hydrogen) atoms. The van der Waals surface area contributed by atoms with Crippen LogP contribution in [0.3, 0.4) is 0 Å². The predicted octanol–water partition coefficient (Wildman–Crippen LogP) is 3.15. The maximum Gasteiger partial charge on any atom is 0.296 e. The fourth-order valence-corrected chi connectivity index (χ4v) is 1.98. The number of rotatable bonds is 6. The number of nitrogens with one attached hydrogen (secondary N) is 1. The molecule has 9 heteroatoms. The van der Waals surface area contributed by atoms with E-state index >= 15 is 0 Å². The van der Waals surface area contributed by atoms with Gasteiger partial charge in [0.1, 0.15) is 11.4 Å². The number of benzene rings is 2. The third-order valence-corrected chi connectivity index (χ3v) is 3.04. The van der Waals surface area contributed by atoms with Gasteiger partial charge in [-0.2, -0.15) is 0 Å². The van der Waals surface area contributed by atoms with Crippen LogP contribution in [0.1, 0.15) is 17.3 Å². The van der Waals surface area contributed by atoms with Crippen LogP contribution < -0.4 is 10.1 Å². The van der Waals surface area contributed by atoms with Gasteiger partial charge in [-0.05, 0) is 25.1 Å². The summed E-state index contributed by atoms with van der Waals surface area (Å²) in [4.78, 5) is 32.8. The molecule has 2 aromatic rings. The summed E-state index contributed by atoms with van der Waals surface area (Å²) in [6, 6.07) is 9.11. The first-order valence-electron chi connectivity index (χ1n) is 6.89. The largest absolute Gasteiger partial charge is 0.494 e. The number of non-ortho nitro benzene ring substituents is 1. The smallest absolute Gasteiger partial charge is 0.296 e. The Hall–Kier alpha value is -3.49. The molecule has 0 bridgehead atoms. The average Bonchev–Trinajstić information content (AvgIpc) is 2.56. The molecule has 0 aliphatic carbocycles. The van der Waals surface area contributed by atoms with Crippen LogP contribution >= 0.6 is 0 Å². The summed E-state index contributed by atoms with van der Waals surface area (Å²) in [6.07, 6.45) is 0. The maximum absolute atomic E-state index is 12.2. The molecule has 0 saturated carbocycles. The molecule has 0 aliphatic rings. The molecule has 0 unspecified atom stereocenters. The molecule has 0 aliphatic heterocycles. The number of nitro benzene ring substituents is 2. The normalized spacial score (nSPS) is 10.0. The van der Waals surface area contributed by atoms with Crippen molar-refractivity contribution >= 4 is 23.0 Å². The number of nitro groups is 2. The molecule has 0 aromatic heterocycles. The van der Waals surface area contributed by atoms with Crippen molar-refractivity contribution in [3.8, 4) is 5.75 Å². The number of carbonyl (C=O) groups excluding carboxylic acids is 1. The molecule has 0 spiro atoms. The predicted molar refractivity (Wildman–Crippen MR) is 85.3 cm³/mol. The molecular formula is C15H13N3O6. The number of nitrogens with zero attached hydrogens (tertiary/aromatic N) is 2. The molecule has 0 saturated heterocycles. The summed E-state index contributed by atoms with van der Waals surface area (Å²) in [5, 5.41) is 24.3. The number of amides is 1. The van der Waals surface area contributed by atoms with Crippen molar-refractivity contribution in [3.63, 3.8) is 0 Å².